The van der Waals surface area contributed by atoms with Crippen molar-refractivity contribution in [3.8, 4) is 23.3 Å². The molecule has 3 fully saturated rings. The summed E-state index contributed by atoms with van der Waals surface area (Å²) in [5, 5.41) is 22.2. The van der Waals surface area contributed by atoms with E-state index in [1.807, 2.05) is 77.7 Å². The van der Waals surface area contributed by atoms with Gasteiger partial charge in [-0.3, -0.25) is 29.4 Å². The number of methoxy groups -OCH3 is 1. The lowest BCUT2D eigenvalue weighted by atomic mass is 9.64. The monoisotopic (exact) mass is 950 g/mol. The van der Waals surface area contributed by atoms with E-state index in [1.54, 1.807) is 54.5 Å². The lowest BCUT2D eigenvalue weighted by molar-refractivity contribution is -0.384. The third-order valence-corrected chi connectivity index (χ3v) is 14.2. The lowest BCUT2D eigenvalue weighted by Gasteiger charge is -2.46. The molecule has 358 valence electrons. The van der Waals surface area contributed by atoms with E-state index >= 15 is 14.4 Å². The first kappa shape index (κ1) is 46.4. The van der Waals surface area contributed by atoms with E-state index in [4.69, 9.17) is 14.2 Å². The third-order valence-electron chi connectivity index (χ3n) is 14.2. The summed E-state index contributed by atoms with van der Waals surface area (Å²) >= 11 is 0. The molecule has 6 atom stereocenters. The molecule has 10 rings (SSSR count). The van der Waals surface area contributed by atoms with Crippen LogP contribution >= 0.6 is 0 Å². The summed E-state index contributed by atoms with van der Waals surface area (Å²) < 4.78 is 17.9. The highest BCUT2D eigenvalue weighted by molar-refractivity contribution is 6.23. The van der Waals surface area contributed by atoms with Gasteiger partial charge in [0, 0.05) is 36.3 Å². The van der Waals surface area contributed by atoms with Crippen molar-refractivity contribution in [2.75, 3.05) is 25.1 Å². The van der Waals surface area contributed by atoms with Crippen molar-refractivity contribution in [2.45, 2.75) is 68.4 Å². The van der Waals surface area contributed by atoms with Gasteiger partial charge in [0.25, 0.3) is 5.69 Å². The van der Waals surface area contributed by atoms with Gasteiger partial charge in [0.05, 0.1) is 35.7 Å². The van der Waals surface area contributed by atoms with E-state index in [0.717, 1.165) is 29.7 Å². The second-order valence-corrected chi connectivity index (χ2v) is 18.3. The Kier molecular flexibility index (Phi) is 12.8. The number of morpholine rings is 1. The van der Waals surface area contributed by atoms with E-state index in [1.165, 1.54) is 36.4 Å². The standard InChI is InChI=1S/C57H50N4O10/c1-69-45-30-21-37(22-31-45)17-18-38-23-32-47-46(35-38)57(55(65)59(47)56(66)70-36-39-19-26-43(27-20-39)61(67)68)48(53(63)58-33-11-3-2-4-12-34-58)50-54(64)71-51(41-15-9-6-10-16-41)49(40-13-7-5-8-14-40)60(50)52(57)42-24-28-44(62)29-25-42/h5-10,13-16,19-32,35,48-52,62H,2-4,11-12,33-34,36H2,1H3/t48-,49-,50-,51+,52+,57-/m0/s1. The van der Waals surface area contributed by atoms with Crippen molar-refractivity contribution < 1.29 is 43.4 Å². The Labute approximate surface area is 410 Å². The molecule has 0 aromatic heterocycles. The van der Waals surface area contributed by atoms with Crippen LogP contribution in [0.5, 0.6) is 11.5 Å². The van der Waals surface area contributed by atoms with E-state index in [2.05, 4.69) is 11.8 Å². The third kappa shape index (κ3) is 8.52. The minimum absolute atomic E-state index is 0.0453. The number of likely N-dealkylation sites (tertiary alicyclic amines) is 1. The number of ether oxygens (including phenoxy) is 3. The van der Waals surface area contributed by atoms with Crippen molar-refractivity contribution in [3.63, 3.8) is 0 Å². The first-order valence-corrected chi connectivity index (χ1v) is 23.8. The summed E-state index contributed by atoms with van der Waals surface area (Å²) in [7, 11) is 1.58. The summed E-state index contributed by atoms with van der Waals surface area (Å²) in [4.78, 5) is 78.8. The number of phenols is 1. The van der Waals surface area contributed by atoms with Gasteiger partial charge >= 0.3 is 12.1 Å². The predicted molar refractivity (Wildman–Crippen MR) is 262 cm³/mol. The molecule has 0 bridgehead atoms. The molecule has 4 aliphatic rings. The molecule has 4 heterocycles. The number of nitrogens with zero attached hydrogens (tertiary/aromatic N) is 4. The number of nitro groups is 1. The molecule has 6 aromatic rings. The maximum absolute atomic E-state index is 16.6. The molecule has 0 aliphatic carbocycles. The highest BCUT2D eigenvalue weighted by Crippen LogP contribution is 2.66. The van der Waals surface area contributed by atoms with E-state index in [9.17, 15) is 20.0 Å². The van der Waals surface area contributed by atoms with Crippen LogP contribution < -0.4 is 9.64 Å². The number of esters is 1. The van der Waals surface area contributed by atoms with Crippen molar-refractivity contribution in [1.82, 2.24) is 9.80 Å². The molecule has 71 heavy (non-hydrogen) atoms. The number of nitro benzene ring substituents is 1. The number of hydrogen-bond acceptors (Lipinski definition) is 11. The first-order valence-electron chi connectivity index (χ1n) is 23.8. The lowest BCUT2D eigenvalue weighted by Crippen LogP contribution is -2.56. The second kappa shape index (κ2) is 19.6. The zero-order valence-corrected chi connectivity index (χ0v) is 38.9. The van der Waals surface area contributed by atoms with Crippen molar-refractivity contribution in [1.29, 1.82) is 0 Å². The molecule has 4 aliphatic heterocycles. The van der Waals surface area contributed by atoms with Crippen molar-refractivity contribution in [3.05, 3.63) is 201 Å². The molecule has 14 heteroatoms. The van der Waals surface area contributed by atoms with Crippen LogP contribution in [0.2, 0.25) is 0 Å². The molecule has 0 saturated carbocycles. The normalized spacial score (nSPS) is 22.8. The van der Waals surface area contributed by atoms with E-state index < -0.39 is 64.4 Å². The number of phenolic OH excluding ortho intramolecular Hbond substituents is 1. The molecule has 0 unspecified atom stereocenters. The van der Waals surface area contributed by atoms with Gasteiger partial charge in [0.15, 0.2) is 0 Å². The molecule has 3 saturated heterocycles. The number of non-ortho nitro benzene ring substituents is 1. The molecular formula is C57H50N4O10. The molecule has 1 spiro atoms. The fourth-order valence-corrected chi connectivity index (χ4v) is 11.0. The maximum Gasteiger partial charge on any atom is 0.421 e. The molecule has 14 nitrogen and oxygen atoms in total. The average Bonchev–Trinajstić information content (AvgIpc) is 3.84. The van der Waals surface area contributed by atoms with Gasteiger partial charge in [0.1, 0.15) is 35.7 Å². The fourth-order valence-electron chi connectivity index (χ4n) is 11.0. The van der Waals surface area contributed by atoms with Gasteiger partial charge in [-0.05, 0) is 107 Å². The Balaban J connectivity index is 1.23. The highest BCUT2D eigenvalue weighted by atomic mass is 16.6. The Morgan fingerprint density at radius 3 is 2.01 bits per heavy atom. The number of fused-ring (bicyclic) bond motifs is 3. The van der Waals surface area contributed by atoms with Crippen LogP contribution in [0, 0.1) is 27.9 Å². The van der Waals surface area contributed by atoms with Gasteiger partial charge in [-0.15, -0.1) is 0 Å². The highest BCUT2D eigenvalue weighted by Gasteiger charge is 2.76. The molecule has 6 aromatic carbocycles. The topological polar surface area (TPSA) is 169 Å². The number of imide groups is 1. The summed E-state index contributed by atoms with van der Waals surface area (Å²) in [6.07, 6.45) is 2.26. The summed E-state index contributed by atoms with van der Waals surface area (Å²) in [5.74, 6) is 3.67. The van der Waals surface area contributed by atoms with Crippen molar-refractivity contribution in [2.24, 2.45) is 5.92 Å². The van der Waals surface area contributed by atoms with Crippen LogP contribution in [-0.2, 0) is 35.9 Å². The predicted octanol–water partition coefficient (Wildman–Crippen LogP) is 9.50. The number of carbonyl (C=O) groups excluding carboxylic acids is 4. The zero-order chi connectivity index (χ0) is 49.2. The van der Waals surface area contributed by atoms with Crippen LogP contribution in [0.4, 0.5) is 16.2 Å². The number of aromatic hydroxyl groups is 1. The van der Waals surface area contributed by atoms with Crippen LogP contribution in [0.3, 0.4) is 0 Å². The number of amides is 3. The molecule has 1 N–H and O–H groups in total. The van der Waals surface area contributed by atoms with Gasteiger partial charge in [-0.25, -0.2) is 9.69 Å². The SMILES string of the molecule is COc1ccc(C#Cc2ccc3c(c2)[C@]2(C(=O)N3C(=O)OCc3ccc([N+](=O)[O-])cc3)[C@H](C(=O)N3CCCCCCC3)[C@H]3C(=O)O[C@H](c4ccccc4)[C@H](c4ccccc4)N3[C@@H]2c2ccc(O)cc2)cc1. The number of anilines is 1. The smallest absolute Gasteiger partial charge is 0.421 e. The van der Waals surface area contributed by atoms with Gasteiger partial charge in [-0.2, -0.15) is 0 Å². The Morgan fingerprint density at radius 1 is 0.746 bits per heavy atom. The Bertz CT molecular complexity index is 3040. The molecular weight excluding hydrogens is 901 g/mol. The minimum atomic E-state index is -2.04. The number of hydrogen-bond donors (Lipinski definition) is 1. The van der Waals surface area contributed by atoms with E-state index in [-0.39, 0.29) is 29.3 Å². The molecule has 3 amide bonds. The summed E-state index contributed by atoms with van der Waals surface area (Å²) in [6, 6.07) is 39.8. The quantitative estimate of drug-likeness (QED) is 0.0668. The first-order chi connectivity index (χ1) is 34.6. The Morgan fingerprint density at radius 2 is 1.37 bits per heavy atom. The second-order valence-electron chi connectivity index (χ2n) is 18.3. The van der Waals surface area contributed by atoms with Crippen molar-refractivity contribution >= 4 is 35.3 Å². The minimum Gasteiger partial charge on any atom is -0.508 e. The summed E-state index contributed by atoms with van der Waals surface area (Å²) in [5.41, 5.74) is 1.74. The van der Waals surface area contributed by atoms with Crippen LogP contribution in [0.1, 0.15) is 89.2 Å². The van der Waals surface area contributed by atoms with Crippen LogP contribution in [-0.4, -0.2) is 69.9 Å². The fraction of sp³-hybridized carbons (Fsp3) is 0.263. The van der Waals surface area contributed by atoms with Gasteiger partial charge in [0.2, 0.25) is 11.8 Å². The summed E-state index contributed by atoms with van der Waals surface area (Å²) in [6.45, 7) is 0.435. The average molecular weight is 951 g/mol. The van der Waals surface area contributed by atoms with Gasteiger partial charge in [-0.1, -0.05) is 104 Å². The number of carbonyl (C=O) groups is 4. The zero-order valence-electron chi connectivity index (χ0n) is 38.9. The number of rotatable bonds is 8. The van der Waals surface area contributed by atoms with Gasteiger partial charge < -0.3 is 24.2 Å². The maximum atomic E-state index is 16.6. The van der Waals surface area contributed by atoms with Crippen LogP contribution in [0.15, 0.2) is 152 Å². The number of cyclic esters (lactones) is 1. The largest absolute Gasteiger partial charge is 0.508 e. The number of benzene rings is 6. The Hall–Kier alpha value is -8.28. The molecule has 0 radical (unpaired) electrons. The van der Waals surface area contributed by atoms with E-state index in [0.29, 0.717) is 59.5 Å². The van der Waals surface area contributed by atoms with Crippen LogP contribution in [0.25, 0.3) is 0 Å².